The Bertz CT molecular complexity index is 717. The van der Waals surface area contributed by atoms with Gasteiger partial charge >= 0.3 is 0 Å². The third-order valence-electron chi connectivity index (χ3n) is 3.68. The summed E-state index contributed by atoms with van der Waals surface area (Å²) in [5, 5.41) is 3.63. The Morgan fingerprint density at radius 3 is 2.76 bits per heavy atom. The van der Waals surface area contributed by atoms with Crippen molar-refractivity contribution in [2.24, 2.45) is 0 Å². The second-order valence-corrected chi connectivity index (χ2v) is 5.84. The van der Waals surface area contributed by atoms with Gasteiger partial charge in [0.1, 0.15) is 5.82 Å². The van der Waals surface area contributed by atoms with Gasteiger partial charge in [0.05, 0.1) is 16.6 Å². The zero-order chi connectivity index (χ0) is 15.0. The Hall–Kier alpha value is -1.58. The molecule has 1 aliphatic rings. The van der Waals surface area contributed by atoms with Crippen LogP contribution in [0.25, 0.3) is 0 Å². The number of rotatable bonds is 2. The van der Waals surface area contributed by atoms with Gasteiger partial charge < -0.3 is 5.32 Å². The monoisotopic (exact) mass is 323 g/mol. The minimum atomic E-state index is -0.313. The first kappa shape index (κ1) is 14.4. The number of carbonyl (C=O) groups excluding carboxylic acids is 1. The smallest absolute Gasteiger partial charge is 0.253 e. The summed E-state index contributed by atoms with van der Waals surface area (Å²) in [6, 6.07) is 9.61. The molecule has 1 amide bonds. The van der Waals surface area contributed by atoms with Crippen molar-refractivity contribution in [2.75, 3.05) is 0 Å². The number of hydrogen-bond donors (Lipinski definition) is 1. The standard InChI is InChI=1S/C16H12Cl2FNO/c17-9-7-12-10(14(19)8-9)5-6-15(12)20-16(21)11-3-1-2-4-13(11)18/h1-4,7-8,15H,5-6H2,(H,20,21)/t15-/m1/s1. The van der Waals surface area contributed by atoms with Crippen molar-refractivity contribution >= 4 is 29.1 Å². The summed E-state index contributed by atoms with van der Waals surface area (Å²) in [4.78, 5) is 12.3. The summed E-state index contributed by atoms with van der Waals surface area (Å²) < 4.78 is 13.8. The van der Waals surface area contributed by atoms with Crippen molar-refractivity contribution < 1.29 is 9.18 Å². The fourth-order valence-electron chi connectivity index (χ4n) is 2.67. The van der Waals surface area contributed by atoms with Crippen LogP contribution in [0.3, 0.4) is 0 Å². The SMILES string of the molecule is O=C(N[C@@H]1CCc2c(F)cc(Cl)cc21)c1ccccc1Cl. The molecule has 0 aromatic heterocycles. The molecule has 21 heavy (non-hydrogen) atoms. The van der Waals surface area contributed by atoms with Crippen LogP contribution in [0.5, 0.6) is 0 Å². The predicted octanol–water partition coefficient (Wildman–Crippen LogP) is 4.55. The molecule has 1 aliphatic carbocycles. The summed E-state index contributed by atoms with van der Waals surface area (Å²) in [5.74, 6) is -0.578. The van der Waals surface area contributed by atoms with Gasteiger partial charge in [-0.3, -0.25) is 4.79 Å². The van der Waals surface area contributed by atoms with Crippen LogP contribution in [-0.2, 0) is 6.42 Å². The van der Waals surface area contributed by atoms with Crippen molar-refractivity contribution in [3.05, 3.63) is 69.0 Å². The number of amides is 1. The molecule has 0 saturated heterocycles. The van der Waals surface area contributed by atoms with Crippen LogP contribution in [0, 0.1) is 5.82 Å². The van der Waals surface area contributed by atoms with Crippen LogP contribution in [0.2, 0.25) is 10.0 Å². The molecule has 0 unspecified atom stereocenters. The van der Waals surface area contributed by atoms with E-state index in [9.17, 15) is 9.18 Å². The predicted molar refractivity (Wildman–Crippen MR) is 81.4 cm³/mol. The van der Waals surface area contributed by atoms with E-state index in [1.165, 1.54) is 6.07 Å². The van der Waals surface area contributed by atoms with E-state index < -0.39 is 0 Å². The second kappa shape index (κ2) is 5.66. The van der Waals surface area contributed by atoms with Crippen LogP contribution in [0.15, 0.2) is 36.4 Å². The molecule has 108 valence electrons. The van der Waals surface area contributed by atoms with E-state index in [1.54, 1.807) is 30.3 Å². The summed E-state index contributed by atoms with van der Waals surface area (Å²) >= 11 is 11.9. The molecule has 3 rings (SSSR count). The average Bonchev–Trinajstić information content (AvgIpc) is 2.82. The van der Waals surface area contributed by atoms with Crippen LogP contribution in [-0.4, -0.2) is 5.91 Å². The lowest BCUT2D eigenvalue weighted by Crippen LogP contribution is -2.27. The number of fused-ring (bicyclic) bond motifs is 1. The third-order valence-corrected chi connectivity index (χ3v) is 4.22. The summed E-state index contributed by atoms with van der Waals surface area (Å²) in [6.07, 6.45) is 1.24. The van der Waals surface area contributed by atoms with E-state index in [-0.39, 0.29) is 17.8 Å². The molecular formula is C16H12Cl2FNO. The third kappa shape index (κ3) is 2.76. The molecule has 0 saturated carbocycles. The maximum Gasteiger partial charge on any atom is 0.253 e. The molecule has 2 nitrogen and oxygen atoms in total. The number of nitrogens with one attached hydrogen (secondary N) is 1. The zero-order valence-corrected chi connectivity index (χ0v) is 12.5. The largest absolute Gasteiger partial charge is 0.345 e. The fourth-order valence-corrected chi connectivity index (χ4v) is 3.11. The van der Waals surface area contributed by atoms with Crippen molar-refractivity contribution in [2.45, 2.75) is 18.9 Å². The maximum absolute atomic E-state index is 13.8. The van der Waals surface area contributed by atoms with Gasteiger partial charge in [0, 0.05) is 5.02 Å². The molecule has 2 aromatic rings. The van der Waals surface area contributed by atoms with E-state index in [0.717, 1.165) is 5.56 Å². The maximum atomic E-state index is 13.8. The van der Waals surface area contributed by atoms with E-state index in [0.29, 0.717) is 34.0 Å². The van der Waals surface area contributed by atoms with Crippen molar-refractivity contribution in [1.82, 2.24) is 5.32 Å². The lowest BCUT2D eigenvalue weighted by Gasteiger charge is -2.15. The van der Waals surface area contributed by atoms with Crippen molar-refractivity contribution in [1.29, 1.82) is 0 Å². The summed E-state index contributed by atoms with van der Waals surface area (Å²) in [5.41, 5.74) is 1.79. The molecule has 0 radical (unpaired) electrons. The van der Waals surface area contributed by atoms with Crippen LogP contribution in [0.4, 0.5) is 4.39 Å². The fraction of sp³-hybridized carbons (Fsp3) is 0.188. The molecular weight excluding hydrogens is 312 g/mol. The first-order chi connectivity index (χ1) is 10.1. The van der Waals surface area contributed by atoms with Gasteiger partial charge in [0.2, 0.25) is 0 Å². The van der Waals surface area contributed by atoms with Gasteiger partial charge in [0.25, 0.3) is 5.91 Å². The molecule has 0 heterocycles. The average molecular weight is 324 g/mol. The Labute approximate surface area is 131 Å². The Kier molecular flexibility index (Phi) is 3.87. The van der Waals surface area contributed by atoms with E-state index in [1.807, 2.05) is 0 Å². The molecule has 1 atom stereocenters. The van der Waals surface area contributed by atoms with Gasteiger partial charge in [-0.2, -0.15) is 0 Å². The first-order valence-corrected chi connectivity index (χ1v) is 7.35. The lowest BCUT2D eigenvalue weighted by atomic mass is 10.1. The molecule has 0 bridgehead atoms. The molecule has 0 aliphatic heterocycles. The number of benzene rings is 2. The first-order valence-electron chi connectivity index (χ1n) is 6.59. The molecule has 0 fully saturated rings. The van der Waals surface area contributed by atoms with Gasteiger partial charge in [-0.05, 0) is 48.2 Å². The number of hydrogen-bond acceptors (Lipinski definition) is 1. The van der Waals surface area contributed by atoms with Crippen LogP contribution < -0.4 is 5.32 Å². The summed E-state index contributed by atoms with van der Waals surface area (Å²) in [7, 11) is 0. The highest BCUT2D eigenvalue weighted by Gasteiger charge is 2.27. The second-order valence-electron chi connectivity index (χ2n) is 5.00. The van der Waals surface area contributed by atoms with E-state index in [2.05, 4.69) is 5.32 Å². The van der Waals surface area contributed by atoms with Crippen LogP contribution in [0.1, 0.15) is 33.9 Å². The summed E-state index contributed by atoms with van der Waals surface area (Å²) in [6.45, 7) is 0. The van der Waals surface area contributed by atoms with Gasteiger partial charge in [0.15, 0.2) is 0 Å². The molecule has 2 aromatic carbocycles. The van der Waals surface area contributed by atoms with Gasteiger partial charge in [-0.25, -0.2) is 4.39 Å². The highest BCUT2D eigenvalue weighted by atomic mass is 35.5. The highest BCUT2D eigenvalue weighted by molar-refractivity contribution is 6.33. The molecule has 1 N–H and O–H groups in total. The normalized spacial score (nSPS) is 16.6. The Morgan fingerprint density at radius 2 is 2.00 bits per heavy atom. The van der Waals surface area contributed by atoms with E-state index >= 15 is 0 Å². The van der Waals surface area contributed by atoms with E-state index in [4.69, 9.17) is 23.2 Å². The molecule has 5 heteroatoms. The van der Waals surface area contributed by atoms with Crippen LogP contribution >= 0.6 is 23.2 Å². The van der Waals surface area contributed by atoms with Gasteiger partial charge in [-0.1, -0.05) is 35.3 Å². The quantitative estimate of drug-likeness (QED) is 0.863. The van der Waals surface area contributed by atoms with Gasteiger partial charge in [-0.15, -0.1) is 0 Å². The van der Waals surface area contributed by atoms with Crippen molar-refractivity contribution in [3.63, 3.8) is 0 Å². The number of carbonyl (C=O) groups is 1. The minimum absolute atomic E-state index is 0.239. The Balaban J connectivity index is 1.86. The minimum Gasteiger partial charge on any atom is -0.345 e. The van der Waals surface area contributed by atoms with Crippen molar-refractivity contribution in [3.8, 4) is 0 Å². The zero-order valence-electron chi connectivity index (χ0n) is 11.0. The number of halogens is 3. The topological polar surface area (TPSA) is 29.1 Å². The molecule has 0 spiro atoms. The highest BCUT2D eigenvalue weighted by Crippen LogP contribution is 2.35. The lowest BCUT2D eigenvalue weighted by molar-refractivity contribution is 0.0937. The Morgan fingerprint density at radius 1 is 1.24 bits per heavy atom.